The average molecular weight is 642 g/mol. The third-order valence-electron chi connectivity index (χ3n) is 7.30. The van der Waals surface area contributed by atoms with Crippen molar-refractivity contribution in [3.8, 4) is 28.0 Å². The third kappa shape index (κ3) is 8.61. The lowest BCUT2D eigenvalue weighted by Gasteiger charge is -2.26. The highest BCUT2D eigenvalue weighted by Gasteiger charge is 2.30. The molecule has 0 saturated heterocycles. The molecule has 2 N–H and O–H groups in total. The zero-order chi connectivity index (χ0) is 32.9. The van der Waals surface area contributed by atoms with Gasteiger partial charge in [0, 0.05) is 26.6 Å². The van der Waals surface area contributed by atoms with Gasteiger partial charge in [-0.25, -0.2) is 4.39 Å². The molecule has 0 aliphatic rings. The lowest BCUT2D eigenvalue weighted by atomic mass is 9.98. The van der Waals surface area contributed by atoms with Crippen LogP contribution in [-0.4, -0.2) is 67.0 Å². The molecule has 45 heavy (non-hydrogen) atoms. The molecule has 0 radical (unpaired) electrons. The van der Waals surface area contributed by atoms with Crippen LogP contribution in [0.3, 0.4) is 0 Å². The van der Waals surface area contributed by atoms with Crippen LogP contribution in [0.1, 0.15) is 21.5 Å². The molecule has 11 heteroatoms. The highest BCUT2D eigenvalue weighted by molar-refractivity contribution is 6.31. The predicted octanol–water partition coefficient (Wildman–Crippen LogP) is 6.90. The van der Waals surface area contributed by atoms with Gasteiger partial charge in [0.1, 0.15) is 17.6 Å². The molecule has 4 aromatic rings. The summed E-state index contributed by atoms with van der Waals surface area (Å²) in [6.07, 6.45) is -4.37. The molecule has 236 valence electrons. The first-order valence-corrected chi connectivity index (χ1v) is 14.4. The molecule has 4 aromatic carbocycles. The standard InChI is InChI=1S/C34H32ClF4N3O3/c1-41(2)16-17-42(3)33(45)30(18-21-4-6-22(7-5-21)25-10-14-29(36)28(35)20-25)40-32(44)27-19-24(11-15-31(27)43)23-8-12-26(13-9-23)34(37,38)39/h4-15,19-20,30,43H,16-18H2,1-3H3,(H,40,44). The van der Waals surface area contributed by atoms with Crippen molar-refractivity contribution in [2.45, 2.75) is 18.6 Å². The van der Waals surface area contributed by atoms with Crippen molar-refractivity contribution in [1.82, 2.24) is 15.1 Å². The van der Waals surface area contributed by atoms with Gasteiger partial charge in [-0.2, -0.15) is 13.2 Å². The maximum atomic E-state index is 13.6. The van der Waals surface area contributed by atoms with Gasteiger partial charge in [0.05, 0.1) is 16.1 Å². The number of nitrogens with one attached hydrogen (secondary N) is 1. The summed E-state index contributed by atoms with van der Waals surface area (Å²) in [5.74, 6) is -1.95. The summed E-state index contributed by atoms with van der Waals surface area (Å²) in [5.41, 5.74) is 2.10. The van der Waals surface area contributed by atoms with E-state index in [4.69, 9.17) is 11.6 Å². The number of aromatic hydroxyl groups is 1. The summed E-state index contributed by atoms with van der Waals surface area (Å²) in [6.45, 7) is 0.991. The predicted molar refractivity (Wildman–Crippen MR) is 167 cm³/mol. The van der Waals surface area contributed by atoms with Crippen LogP contribution in [0.2, 0.25) is 5.02 Å². The van der Waals surface area contributed by atoms with Gasteiger partial charge in [0.25, 0.3) is 5.91 Å². The van der Waals surface area contributed by atoms with Crippen molar-refractivity contribution < 1.29 is 32.3 Å². The molecule has 0 aliphatic heterocycles. The van der Waals surface area contributed by atoms with E-state index in [0.717, 1.165) is 23.3 Å². The van der Waals surface area contributed by atoms with Crippen LogP contribution in [0.5, 0.6) is 5.75 Å². The minimum absolute atomic E-state index is 0.00337. The Morgan fingerprint density at radius 1 is 0.822 bits per heavy atom. The molecule has 0 aromatic heterocycles. The fourth-order valence-electron chi connectivity index (χ4n) is 4.66. The van der Waals surface area contributed by atoms with E-state index in [0.29, 0.717) is 29.8 Å². The summed E-state index contributed by atoms with van der Waals surface area (Å²) < 4.78 is 52.7. The van der Waals surface area contributed by atoms with Crippen LogP contribution >= 0.6 is 11.6 Å². The molecule has 0 heterocycles. The Labute approximate surface area is 263 Å². The summed E-state index contributed by atoms with van der Waals surface area (Å²) in [6, 6.07) is 19.2. The quantitative estimate of drug-likeness (QED) is 0.185. The molecular formula is C34H32ClF4N3O3. The SMILES string of the molecule is CN(C)CCN(C)C(=O)C(Cc1ccc(-c2ccc(F)c(Cl)c2)cc1)NC(=O)c1cc(-c2ccc(C(F)(F)F)cc2)ccc1O. The largest absolute Gasteiger partial charge is 0.507 e. The molecule has 0 bridgehead atoms. The first-order valence-electron chi connectivity index (χ1n) is 14.0. The van der Waals surface area contributed by atoms with Gasteiger partial charge in [0.15, 0.2) is 0 Å². The second-order valence-electron chi connectivity index (χ2n) is 10.9. The number of hydrogen-bond donors (Lipinski definition) is 2. The zero-order valence-electron chi connectivity index (χ0n) is 24.8. The summed E-state index contributed by atoms with van der Waals surface area (Å²) in [4.78, 5) is 30.5. The summed E-state index contributed by atoms with van der Waals surface area (Å²) >= 11 is 5.93. The zero-order valence-corrected chi connectivity index (χ0v) is 25.6. The second kappa shape index (κ2) is 14.1. The van der Waals surface area contributed by atoms with E-state index in [-0.39, 0.29) is 28.7 Å². The van der Waals surface area contributed by atoms with Crippen molar-refractivity contribution in [3.05, 3.63) is 112 Å². The minimum atomic E-state index is -4.49. The van der Waals surface area contributed by atoms with Gasteiger partial charge in [-0.1, -0.05) is 60.1 Å². The van der Waals surface area contributed by atoms with Gasteiger partial charge in [-0.05, 0) is 78.3 Å². The number of hydrogen-bond acceptors (Lipinski definition) is 4. The van der Waals surface area contributed by atoms with Crippen LogP contribution in [0, 0.1) is 5.82 Å². The van der Waals surface area contributed by atoms with Gasteiger partial charge in [0.2, 0.25) is 5.91 Å². The molecule has 1 atom stereocenters. The number of halogens is 5. The fourth-order valence-corrected chi connectivity index (χ4v) is 4.84. The topological polar surface area (TPSA) is 72.9 Å². The van der Waals surface area contributed by atoms with Crippen molar-refractivity contribution in [2.75, 3.05) is 34.2 Å². The number of phenols is 1. The summed E-state index contributed by atoms with van der Waals surface area (Å²) in [5, 5.41) is 13.3. The van der Waals surface area contributed by atoms with Crippen LogP contribution in [-0.2, 0) is 17.4 Å². The number of likely N-dealkylation sites (N-methyl/N-ethyl adjacent to an activating group) is 2. The maximum Gasteiger partial charge on any atom is 0.416 e. The van der Waals surface area contributed by atoms with Gasteiger partial charge in [-0.15, -0.1) is 0 Å². The highest BCUT2D eigenvalue weighted by atomic mass is 35.5. The Kier molecular flexibility index (Phi) is 10.5. The van der Waals surface area contributed by atoms with E-state index in [2.05, 4.69) is 5.32 Å². The van der Waals surface area contributed by atoms with Gasteiger partial charge >= 0.3 is 6.18 Å². The van der Waals surface area contributed by atoms with Gasteiger partial charge < -0.3 is 20.2 Å². The molecule has 0 fully saturated rings. The Hall–Kier alpha value is -4.41. The smallest absolute Gasteiger partial charge is 0.416 e. The lowest BCUT2D eigenvalue weighted by molar-refractivity contribution is -0.137. The van der Waals surface area contributed by atoms with E-state index in [1.165, 1.54) is 47.4 Å². The van der Waals surface area contributed by atoms with Gasteiger partial charge in [-0.3, -0.25) is 9.59 Å². The molecule has 0 spiro atoms. The Balaban J connectivity index is 1.59. The fraction of sp³-hybridized carbons (Fsp3) is 0.235. The molecule has 4 rings (SSSR count). The van der Waals surface area contributed by atoms with E-state index >= 15 is 0 Å². The molecule has 1 unspecified atom stereocenters. The molecule has 0 saturated carbocycles. The van der Waals surface area contributed by atoms with Crippen molar-refractivity contribution in [2.24, 2.45) is 0 Å². The second-order valence-corrected chi connectivity index (χ2v) is 11.3. The monoisotopic (exact) mass is 641 g/mol. The number of benzene rings is 4. The highest BCUT2D eigenvalue weighted by Crippen LogP contribution is 2.32. The van der Waals surface area contributed by atoms with Crippen LogP contribution in [0.4, 0.5) is 17.6 Å². The van der Waals surface area contributed by atoms with Crippen LogP contribution in [0.15, 0.2) is 84.9 Å². The molecule has 0 aliphatic carbocycles. The number of rotatable bonds is 10. The third-order valence-corrected chi connectivity index (χ3v) is 7.59. The Bertz CT molecular complexity index is 1660. The number of alkyl halides is 3. The van der Waals surface area contributed by atoms with Crippen molar-refractivity contribution >= 4 is 23.4 Å². The Morgan fingerprint density at radius 3 is 1.96 bits per heavy atom. The Morgan fingerprint density at radius 2 is 1.38 bits per heavy atom. The molecule has 2 amide bonds. The number of nitrogens with zero attached hydrogens (tertiary/aromatic N) is 2. The van der Waals surface area contributed by atoms with Crippen LogP contribution < -0.4 is 5.32 Å². The first kappa shape index (κ1) is 33.5. The maximum absolute atomic E-state index is 13.6. The normalized spacial score (nSPS) is 12.2. The van der Waals surface area contributed by atoms with E-state index < -0.39 is 29.5 Å². The summed E-state index contributed by atoms with van der Waals surface area (Å²) in [7, 11) is 5.38. The van der Waals surface area contributed by atoms with Crippen molar-refractivity contribution in [1.29, 1.82) is 0 Å². The van der Waals surface area contributed by atoms with Crippen molar-refractivity contribution in [3.63, 3.8) is 0 Å². The van der Waals surface area contributed by atoms with E-state index in [9.17, 15) is 32.3 Å². The van der Waals surface area contributed by atoms with Crippen LogP contribution in [0.25, 0.3) is 22.3 Å². The van der Waals surface area contributed by atoms with E-state index in [1.807, 2.05) is 19.0 Å². The number of amides is 2. The number of carbonyl (C=O) groups is 2. The van der Waals surface area contributed by atoms with E-state index in [1.54, 1.807) is 37.4 Å². The molecule has 6 nitrogen and oxygen atoms in total. The lowest BCUT2D eigenvalue weighted by Crippen LogP contribution is -2.49. The number of phenolic OH excluding ortho intramolecular Hbond substituents is 1. The molecular weight excluding hydrogens is 610 g/mol. The average Bonchev–Trinajstić information content (AvgIpc) is 3.00. The number of carbonyl (C=O) groups excluding carboxylic acids is 2. The minimum Gasteiger partial charge on any atom is -0.507 e. The first-order chi connectivity index (χ1) is 21.2.